The second-order valence-corrected chi connectivity index (χ2v) is 6.81. The molecule has 0 saturated carbocycles. The molecule has 8 heteroatoms. The molecular weight excluding hydrogens is 368 g/mol. The van der Waals surface area contributed by atoms with Crippen LogP contribution in [-0.2, 0) is 11.3 Å². The minimum absolute atomic E-state index is 0.0610. The summed E-state index contributed by atoms with van der Waals surface area (Å²) in [6.45, 7) is 1.89. The van der Waals surface area contributed by atoms with Gasteiger partial charge in [0.15, 0.2) is 0 Å². The van der Waals surface area contributed by atoms with E-state index in [9.17, 15) is 9.59 Å². The quantitative estimate of drug-likeness (QED) is 0.523. The number of carbonyl (C=O) groups is 1. The SMILES string of the molecule is CC(c1ccc(-n2cncn2)cc1)N(C)C(=O)Cn1cnc2ccccc2c1=O. The van der Waals surface area contributed by atoms with Gasteiger partial charge >= 0.3 is 0 Å². The maximum absolute atomic E-state index is 12.8. The molecule has 2 aromatic heterocycles. The minimum Gasteiger partial charge on any atom is -0.337 e. The van der Waals surface area contributed by atoms with Crippen LogP contribution in [0.3, 0.4) is 0 Å². The molecule has 29 heavy (non-hydrogen) atoms. The van der Waals surface area contributed by atoms with Gasteiger partial charge in [0.25, 0.3) is 5.56 Å². The van der Waals surface area contributed by atoms with Crippen molar-refractivity contribution >= 4 is 16.8 Å². The first kappa shape index (κ1) is 18.5. The molecule has 8 nitrogen and oxygen atoms in total. The monoisotopic (exact) mass is 388 g/mol. The second-order valence-electron chi connectivity index (χ2n) is 6.81. The van der Waals surface area contributed by atoms with Crippen LogP contribution in [0.15, 0.2) is 72.3 Å². The van der Waals surface area contributed by atoms with Crippen molar-refractivity contribution in [2.75, 3.05) is 7.05 Å². The molecule has 4 rings (SSSR count). The first-order valence-electron chi connectivity index (χ1n) is 9.19. The number of nitrogens with zero attached hydrogens (tertiary/aromatic N) is 6. The molecule has 146 valence electrons. The number of hydrogen-bond acceptors (Lipinski definition) is 5. The molecular formula is C21H20N6O2. The van der Waals surface area contributed by atoms with Crippen molar-refractivity contribution in [2.45, 2.75) is 19.5 Å². The van der Waals surface area contributed by atoms with E-state index in [2.05, 4.69) is 15.1 Å². The molecule has 0 fully saturated rings. The van der Waals surface area contributed by atoms with Crippen LogP contribution >= 0.6 is 0 Å². The van der Waals surface area contributed by atoms with Gasteiger partial charge in [-0.3, -0.25) is 14.2 Å². The van der Waals surface area contributed by atoms with Crippen molar-refractivity contribution in [1.29, 1.82) is 0 Å². The fourth-order valence-electron chi connectivity index (χ4n) is 3.16. The highest BCUT2D eigenvalue weighted by molar-refractivity contribution is 5.79. The van der Waals surface area contributed by atoms with Crippen LogP contribution in [0.2, 0.25) is 0 Å². The number of rotatable bonds is 5. The van der Waals surface area contributed by atoms with E-state index >= 15 is 0 Å². The highest BCUT2D eigenvalue weighted by atomic mass is 16.2. The van der Waals surface area contributed by atoms with Crippen LogP contribution in [-0.4, -0.2) is 42.2 Å². The Morgan fingerprint density at radius 1 is 1.10 bits per heavy atom. The second kappa shape index (κ2) is 7.67. The van der Waals surface area contributed by atoms with Crippen molar-refractivity contribution in [3.8, 4) is 5.69 Å². The standard InChI is InChI=1S/C21H20N6O2/c1-15(16-7-9-17(10-8-16)27-13-22-12-24-27)25(2)20(28)11-26-14-23-19-6-4-3-5-18(19)21(26)29/h3-10,12-15H,11H2,1-2H3. The van der Waals surface area contributed by atoms with Gasteiger partial charge in [-0.2, -0.15) is 5.10 Å². The zero-order valence-electron chi connectivity index (χ0n) is 16.1. The van der Waals surface area contributed by atoms with Gasteiger partial charge in [0.1, 0.15) is 19.2 Å². The van der Waals surface area contributed by atoms with E-state index in [1.165, 1.54) is 17.2 Å². The average Bonchev–Trinajstić information content (AvgIpc) is 3.30. The highest BCUT2D eigenvalue weighted by Gasteiger charge is 2.19. The lowest BCUT2D eigenvalue weighted by Gasteiger charge is -2.26. The van der Waals surface area contributed by atoms with E-state index < -0.39 is 0 Å². The molecule has 0 bridgehead atoms. The third-order valence-corrected chi connectivity index (χ3v) is 5.07. The first-order valence-corrected chi connectivity index (χ1v) is 9.19. The minimum atomic E-state index is -0.220. The Morgan fingerprint density at radius 3 is 2.59 bits per heavy atom. The zero-order valence-corrected chi connectivity index (χ0v) is 16.1. The molecule has 0 radical (unpaired) electrons. The van der Waals surface area contributed by atoms with Gasteiger partial charge in [-0.15, -0.1) is 0 Å². The molecule has 0 spiro atoms. The Morgan fingerprint density at radius 2 is 1.86 bits per heavy atom. The van der Waals surface area contributed by atoms with E-state index in [0.29, 0.717) is 10.9 Å². The maximum atomic E-state index is 12.8. The first-order chi connectivity index (χ1) is 14.0. The lowest BCUT2D eigenvalue weighted by atomic mass is 10.1. The molecule has 2 aromatic carbocycles. The number of hydrogen-bond donors (Lipinski definition) is 0. The zero-order chi connectivity index (χ0) is 20.4. The van der Waals surface area contributed by atoms with Crippen LogP contribution in [0, 0.1) is 0 Å². The molecule has 4 aromatic rings. The number of fused-ring (bicyclic) bond motifs is 1. The predicted octanol–water partition coefficient (Wildman–Crippen LogP) is 2.20. The van der Waals surface area contributed by atoms with Crippen LogP contribution < -0.4 is 5.56 Å². The highest BCUT2D eigenvalue weighted by Crippen LogP contribution is 2.20. The summed E-state index contributed by atoms with van der Waals surface area (Å²) >= 11 is 0. The van der Waals surface area contributed by atoms with Crippen LogP contribution in [0.25, 0.3) is 16.6 Å². The summed E-state index contributed by atoms with van der Waals surface area (Å²) in [4.78, 5) is 35.2. The Balaban J connectivity index is 1.50. The number of aromatic nitrogens is 5. The Kier molecular flexibility index (Phi) is 4.90. The van der Waals surface area contributed by atoms with Crippen LogP contribution in [0.5, 0.6) is 0 Å². The largest absolute Gasteiger partial charge is 0.337 e. The summed E-state index contributed by atoms with van der Waals surface area (Å²) in [6.07, 6.45) is 4.53. The molecule has 0 aliphatic heterocycles. The summed E-state index contributed by atoms with van der Waals surface area (Å²) in [5.74, 6) is -0.169. The molecule has 1 unspecified atom stereocenters. The van der Waals surface area contributed by atoms with Gasteiger partial charge in [0.2, 0.25) is 5.91 Å². The number of likely N-dealkylation sites (N-methyl/N-ethyl adjacent to an activating group) is 1. The molecule has 0 N–H and O–H groups in total. The maximum Gasteiger partial charge on any atom is 0.261 e. The molecule has 0 saturated heterocycles. The molecule has 1 amide bonds. The number of benzene rings is 2. The van der Waals surface area contributed by atoms with E-state index in [-0.39, 0.29) is 24.1 Å². The Hall–Kier alpha value is -3.81. The van der Waals surface area contributed by atoms with Crippen LogP contribution in [0.1, 0.15) is 18.5 Å². The normalized spacial score (nSPS) is 12.1. The van der Waals surface area contributed by atoms with Crippen molar-refractivity contribution < 1.29 is 4.79 Å². The summed E-state index contributed by atoms with van der Waals surface area (Å²) in [5, 5.41) is 4.61. The smallest absolute Gasteiger partial charge is 0.261 e. The predicted molar refractivity (Wildman–Crippen MR) is 109 cm³/mol. The van der Waals surface area contributed by atoms with Gasteiger partial charge in [-0.1, -0.05) is 24.3 Å². The third-order valence-electron chi connectivity index (χ3n) is 5.07. The molecule has 2 heterocycles. The summed E-state index contributed by atoms with van der Waals surface area (Å²) in [7, 11) is 1.73. The fraction of sp³-hybridized carbons (Fsp3) is 0.190. The van der Waals surface area contributed by atoms with E-state index in [1.807, 2.05) is 37.3 Å². The molecule has 1 atom stereocenters. The Labute approximate surface area is 167 Å². The van der Waals surface area contributed by atoms with Gasteiger partial charge in [0, 0.05) is 7.05 Å². The topological polar surface area (TPSA) is 85.9 Å². The van der Waals surface area contributed by atoms with Crippen molar-refractivity contribution in [3.05, 3.63) is 83.4 Å². The third kappa shape index (κ3) is 3.64. The number of carbonyl (C=O) groups excluding carboxylic acids is 1. The lowest BCUT2D eigenvalue weighted by molar-refractivity contribution is -0.132. The van der Waals surface area contributed by atoms with Gasteiger partial charge in [0.05, 0.1) is 29.0 Å². The Bertz CT molecular complexity index is 1200. The van der Waals surface area contributed by atoms with Gasteiger partial charge < -0.3 is 4.90 Å². The summed E-state index contributed by atoms with van der Waals surface area (Å²) < 4.78 is 3.02. The molecule has 0 aliphatic carbocycles. The number of amides is 1. The van der Waals surface area contributed by atoms with Crippen molar-refractivity contribution in [2.24, 2.45) is 0 Å². The van der Waals surface area contributed by atoms with E-state index in [4.69, 9.17) is 0 Å². The lowest BCUT2D eigenvalue weighted by Crippen LogP contribution is -2.35. The summed E-state index contributed by atoms with van der Waals surface area (Å²) in [5.41, 5.74) is 2.27. The summed E-state index contributed by atoms with van der Waals surface area (Å²) in [6, 6.07) is 14.7. The molecule has 0 aliphatic rings. The number of para-hydroxylation sites is 1. The van der Waals surface area contributed by atoms with Gasteiger partial charge in [-0.05, 0) is 36.8 Å². The van der Waals surface area contributed by atoms with Crippen LogP contribution in [0.4, 0.5) is 0 Å². The average molecular weight is 388 g/mol. The fourth-order valence-corrected chi connectivity index (χ4v) is 3.16. The van der Waals surface area contributed by atoms with Crippen molar-refractivity contribution in [1.82, 2.24) is 29.2 Å². The van der Waals surface area contributed by atoms with Crippen molar-refractivity contribution in [3.63, 3.8) is 0 Å². The van der Waals surface area contributed by atoms with E-state index in [1.54, 1.807) is 41.2 Å². The van der Waals surface area contributed by atoms with E-state index in [0.717, 1.165) is 11.3 Å². The van der Waals surface area contributed by atoms with Gasteiger partial charge in [-0.25, -0.2) is 14.6 Å².